The summed E-state index contributed by atoms with van der Waals surface area (Å²) in [5.41, 5.74) is 1.12. The van der Waals surface area contributed by atoms with Crippen molar-refractivity contribution in [2.75, 3.05) is 0 Å². The molecule has 0 spiro atoms. The molecule has 0 aliphatic heterocycles. The first-order valence-corrected chi connectivity index (χ1v) is 4.84. The number of hydrogen-bond acceptors (Lipinski definition) is 2. The highest BCUT2D eigenvalue weighted by Crippen LogP contribution is 2.17. The molecule has 0 aliphatic carbocycles. The Labute approximate surface area is 103 Å². The Kier molecular flexibility index (Phi) is 3.73. The van der Waals surface area contributed by atoms with Gasteiger partial charge in [-0.05, 0) is 31.2 Å². The highest BCUT2D eigenvalue weighted by Gasteiger charge is 2.04. The van der Waals surface area contributed by atoms with E-state index in [2.05, 4.69) is 4.98 Å². The van der Waals surface area contributed by atoms with E-state index in [-0.39, 0.29) is 23.7 Å². The maximum absolute atomic E-state index is 11.5. The molecule has 0 saturated heterocycles. The summed E-state index contributed by atoms with van der Waals surface area (Å²) >= 11 is 5.84. The van der Waals surface area contributed by atoms with Crippen LogP contribution in [-0.4, -0.2) is 10.7 Å². The largest absolute Gasteiger partial charge is 0.321 e. The van der Waals surface area contributed by atoms with Crippen LogP contribution in [0.5, 0.6) is 0 Å². The van der Waals surface area contributed by atoms with E-state index in [0.29, 0.717) is 10.6 Å². The van der Waals surface area contributed by atoms with Crippen LogP contribution < -0.4 is 5.56 Å². The molecule has 0 saturated carbocycles. The number of H-pyrrole nitrogens is 1. The number of aromatic nitrogens is 1. The van der Waals surface area contributed by atoms with Crippen LogP contribution in [0, 0.1) is 5.41 Å². The minimum atomic E-state index is -0.239. The Balaban J connectivity index is 0.00000128. The SMILES string of the molecule is CC(=N)c1cc2cc(Cl)ccc2[nH]c1=O.Cl. The van der Waals surface area contributed by atoms with Crippen LogP contribution in [0.1, 0.15) is 12.5 Å². The molecule has 3 nitrogen and oxygen atoms in total. The number of fused-ring (bicyclic) bond motifs is 1. The molecule has 0 fully saturated rings. The highest BCUT2D eigenvalue weighted by atomic mass is 35.5. The zero-order valence-electron chi connectivity index (χ0n) is 8.50. The maximum atomic E-state index is 11.5. The van der Waals surface area contributed by atoms with Crippen molar-refractivity contribution in [2.24, 2.45) is 0 Å². The lowest BCUT2D eigenvalue weighted by Crippen LogP contribution is -2.15. The molecular formula is C11H10Cl2N2O. The molecular weight excluding hydrogens is 247 g/mol. The van der Waals surface area contributed by atoms with Crippen molar-refractivity contribution in [2.45, 2.75) is 6.92 Å². The van der Waals surface area contributed by atoms with E-state index >= 15 is 0 Å². The molecule has 0 unspecified atom stereocenters. The summed E-state index contributed by atoms with van der Waals surface area (Å²) in [7, 11) is 0. The standard InChI is InChI=1S/C11H9ClN2O.ClH/c1-6(13)9-5-7-4-8(12)2-3-10(7)14-11(9)15;/h2-5,13H,1H3,(H,14,15);1H. The Morgan fingerprint density at radius 3 is 2.69 bits per heavy atom. The molecule has 0 bridgehead atoms. The topological polar surface area (TPSA) is 56.7 Å². The molecule has 2 aromatic rings. The second-order valence-electron chi connectivity index (χ2n) is 3.37. The smallest absolute Gasteiger partial charge is 0.257 e. The molecule has 1 heterocycles. The van der Waals surface area contributed by atoms with Crippen molar-refractivity contribution < 1.29 is 0 Å². The van der Waals surface area contributed by atoms with Gasteiger partial charge in [-0.1, -0.05) is 11.6 Å². The van der Waals surface area contributed by atoms with Gasteiger partial charge >= 0.3 is 0 Å². The number of nitrogens with one attached hydrogen (secondary N) is 2. The minimum absolute atomic E-state index is 0. The summed E-state index contributed by atoms with van der Waals surface area (Å²) in [5, 5.41) is 8.90. The molecule has 0 radical (unpaired) electrons. The summed E-state index contributed by atoms with van der Waals surface area (Å²) in [6.45, 7) is 1.58. The summed E-state index contributed by atoms with van der Waals surface area (Å²) in [6.07, 6.45) is 0. The van der Waals surface area contributed by atoms with Crippen LogP contribution in [0.25, 0.3) is 10.9 Å². The summed E-state index contributed by atoms with van der Waals surface area (Å²) in [4.78, 5) is 14.2. The van der Waals surface area contributed by atoms with Crippen LogP contribution in [0.4, 0.5) is 0 Å². The van der Waals surface area contributed by atoms with E-state index in [9.17, 15) is 4.79 Å². The fourth-order valence-corrected chi connectivity index (χ4v) is 1.64. The second kappa shape index (κ2) is 4.68. The van der Waals surface area contributed by atoms with Crippen LogP contribution in [0.15, 0.2) is 29.1 Å². The fourth-order valence-electron chi connectivity index (χ4n) is 1.46. The average Bonchev–Trinajstić information content (AvgIpc) is 2.17. The van der Waals surface area contributed by atoms with Crippen LogP contribution >= 0.6 is 24.0 Å². The van der Waals surface area contributed by atoms with E-state index < -0.39 is 0 Å². The molecule has 0 amide bonds. The molecule has 1 aromatic heterocycles. The van der Waals surface area contributed by atoms with Gasteiger partial charge in [-0.25, -0.2) is 0 Å². The molecule has 0 atom stereocenters. The van der Waals surface area contributed by atoms with Crippen molar-refractivity contribution in [3.63, 3.8) is 0 Å². The first-order valence-electron chi connectivity index (χ1n) is 4.46. The van der Waals surface area contributed by atoms with Gasteiger partial charge in [-0.3, -0.25) is 4.79 Å². The molecule has 0 aliphatic rings. The van der Waals surface area contributed by atoms with Crippen LogP contribution in [0.3, 0.4) is 0 Å². The van der Waals surface area contributed by atoms with E-state index in [4.69, 9.17) is 17.0 Å². The summed E-state index contributed by atoms with van der Waals surface area (Å²) < 4.78 is 0. The first-order chi connectivity index (χ1) is 7.08. The third-order valence-electron chi connectivity index (χ3n) is 2.21. The lowest BCUT2D eigenvalue weighted by Gasteiger charge is -2.01. The zero-order valence-corrected chi connectivity index (χ0v) is 10.1. The molecule has 5 heteroatoms. The second-order valence-corrected chi connectivity index (χ2v) is 3.81. The Morgan fingerprint density at radius 2 is 2.06 bits per heavy atom. The molecule has 16 heavy (non-hydrogen) atoms. The number of halogens is 2. The molecule has 1 aromatic carbocycles. The van der Waals surface area contributed by atoms with Gasteiger partial charge < -0.3 is 10.4 Å². The minimum Gasteiger partial charge on any atom is -0.321 e. The van der Waals surface area contributed by atoms with Gasteiger partial charge in [0, 0.05) is 21.6 Å². The van der Waals surface area contributed by atoms with Gasteiger partial charge in [0.25, 0.3) is 5.56 Å². The van der Waals surface area contributed by atoms with Crippen LogP contribution in [0.2, 0.25) is 5.02 Å². The third-order valence-corrected chi connectivity index (χ3v) is 2.45. The zero-order chi connectivity index (χ0) is 11.0. The maximum Gasteiger partial charge on any atom is 0.257 e. The Morgan fingerprint density at radius 1 is 1.38 bits per heavy atom. The van der Waals surface area contributed by atoms with E-state index in [0.717, 1.165) is 10.9 Å². The number of hydrogen-bond donors (Lipinski definition) is 2. The first kappa shape index (κ1) is 12.7. The quantitative estimate of drug-likeness (QED) is 0.758. The average molecular weight is 257 g/mol. The van der Waals surface area contributed by atoms with E-state index in [1.54, 1.807) is 31.2 Å². The van der Waals surface area contributed by atoms with Crippen molar-refractivity contribution in [1.29, 1.82) is 5.41 Å². The summed E-state index contributed by atoms with van der Waals surface area (Å²) in [5.74, 6) is 0. The predicted octanol–water partition coefficient (Wildman–Crippen LogP) is 2.99. The number of aromatic amines is 1. The lowest BCUT2D eigenvalue weighted by molar-refractivity contribution is 1.27. The molecule has 2 N–H and O–H groups in total. The number of rotatable bonds is 1. The van der Waals surface area contributed by atoms with Crippen LogP contribution in [-0.2, 0) is 0 Å². The van der Waals surface area contributed by atoms with Crippen molar-refractivity contribution >= 4 is 40.6 Å². The molecule has 2 rings (SSSR count). The van der Waals surface area contributed by atoms with E-state index in [1.807, 2.05) is 0 Å². The number of benzene rings is 1. The lowest BCUT2D eigenvalue weighted by atomic mass is 10.1. The van der Waals surface area contributed by atoms with Gasteiger partial charge in [0.05, 0.1) is 5.56 Å². The van der Waals surface area contributed by atoms with Gasteiger partial charge in [0.2, 0.25) is 0 Å². The van der Waals surface area contributed by atoms with E-state index in [1.165, 1.54) is 0 Å². The molecule has 84 valence electrons. The fraction of sp³-hybridized carbons (Fsp3) is 0.0909. The van der Waals surface area contributed by atoms with Crippen molar-refractivity contribution in [1.82, 2.24) is 4.98 Å². The Bertz CT molecular complexity index is 604. The predicted molar refractivity (Wildman–Crippen MR) is 69.3 cm³/mol. The van der Waals surface area contributed by atoms with Gasteiger partial charge in [-0.2, -0.15) is 0 Å². The van der Waals surface area contributed by atoms with Crippen molar-refractivity contribution in [3.05, 3.63) is 45.2 Å². The Hall–Kier alpha value is -1.32. The highest BCUT2D eigenvalue weighted by molar-refractivity contribution is 6.31. The van der Waals surface area contributed by atoms with Crippen molar-refractivity contribution in [3.8, 4) is 0 Å². The van der Waals surface area contributed by atoms with Gasteiger partial charge in [-0.15, -0.1) is 12.4 Å². The monoisotopic (exact) mass is 256 g/mol. The number of pyridine rings is 1. The van der Waals surface area contributed by atoms with Gasteiger partial charge in [0.15, 0.2) is 0 Å². The summed E-state index contributed by atoms with van der Waals surface area (Å²) in [6, 6.07) is 6.92. The van der Waals surface area contributed by atoms with Gasteiger partial charge in [0.1, 0.15) is 0 Å². The third kappa shape index (κ3) is 2.26. The normalized spacial score (nSPS) is 9.88.